The highest BCUT2D eigenvalue weighted by Gasteiger charge is 2.29. The van der Waals surface area contributed by atoms with E-state index < -0.39 is 0 Å². The molecule has 2 heterocycles. The maximum atomic E-state index is 5.70. The third-order valence-electron chi connectivity index (χ3n) is 2.80. The molecule has 3 rings (SSSR count). The molecule has 0 saturated heterocycles. The molecule has 0 aliphatic heterocycles. The van der Waals surface area contributed by atoms with E-state index in [1.54, 1.807) is 0 Å². The van der Waals surface area contributed by atoms with Crippen molar-refractivity contribution in [3.8, 4) is 0 Å². The largest absolute Gasteiger partial charge is 0.325 e. The normalized spacial score (nSPS) is 16.4. The zero-order valence-electron chi connectivity index (χ0n) is 7.98. The Kier molecular flexibility index (Phi) is 1.61. The first-order chi connectivity index (χ1) is 6.90. The average Bonchev–Trinajstić information content (AvgIpc) is 2.98. The van der Waals surface area contributed by atoms with Crippen LogP contribution in [0.25, 0.3) is 5.65 Å². The van der Waals surface area contributed by atoms with Gasteiger partial charge in [-0.1, -0.05) is 6.07 Å². The van der Waals surface area contributed by atoms with Crippen LogP contribution in [0.1, 0.15) is 30.1 Å². The lowest BCUT2D eigenvalue weighted by atomic mass is 10.2. The van der Waals surface area contributed by atoms with Gasteiger partial charge in [-0.3, -0.25) is 0 Å². The van der Waals surface area contributed by atoms with Crippen LogP contribution in [0.3, 0.4) is 0 Å². The minimum Gasteiger partial charge on any atom is -0.325 e. The molecule has 3 heteroatoms. The minimum atomic E-state index is 0.549. The molecule has 1 aliphatic carbocycles. The van der Waals surface area contributed by atoms with Crippen molar-refractivity contribution >= 4 is 5.65 Å². The predicted molar refractivity (Wildman–Crippen MR) is 55.1 cm³/mol. The van der Waals surface area contributed by atoms with Crippen molar-refractivity contribution in [2.45, 2.75) is 25.3 Å². The first kappa shape index (κ1) is 8.00. The summed E-state index contributed by atoms with van der Waals surface area (Å²) < 4.78 is 2.18. The number of imidazole rings is 1. The number of nitrogens with zero attached hydrogens (tertiary/aromatic N) is 2. The van der Waals surface area contributed by atoms with E-state index in [4.69, 9.17) is 5.73 Å². The van der Waals surface area contributed by atoms with Gasteiger partial charge < -0.3 is 10.1 Å². The molecule has 0 aromatic carbocycles. The van der Waals surface area contributed by atoms with Gasteiger partial charge >= 0.3 is 0 Å². The molecule has 2 aromatic heterocycles. The summed E-state index contributed by atoms with van der Waals surface area (Å²) >= 11 is 0. The number of hydrogen-bond acceptors (Lipinski definition) is 2. The molecule has 0 unspecified atom stereocenters. The van der Waals surface area contributed by atoms with Gasteiger partial charge in [0.05, 0.1) is 11.4 Å². The van der Waals surface area contributed by atoms with E-state index >= 15 is 0 Å². The second-order valence-electron chi connectivity index (χ2n) is 3.85. The Balaban J connectivity index is 2.29. The Morgan fingerprint density at radius 3 is 3.00 bits per heavy atom. The van der Waals surface area contributed by atoms with Crippen LogP contribution in [-0.4, -0.2) is 9.38 Å². The first-order valence-corrected chi connectivity index (χ1v) is 5.06. The highest BCUT2D eigenvalue weighted by atomic mass is 15.0. The predicted octanol–water partition coefficient (Wildman–Crippen LogP) is 1.67. The Morgan fingerprint density at radius 1 is 1.43 bits per heavy atom. The van der Waals surface area contributed by atoms with Crippen molar-refractivity contribution in [2.24, 2.45) is 5.73 Å². The zero-order valence-corrected chi connectivity index (χ0v) is 7.98. The van der Waals surface area contributed by atoms with E-state index in [9.17, 15) is 0 Å². The lowest BCUT2D eigenvalue weighted by molar-refractivity contribution is 0.916. The van der Waals surface area contributed by atoms with E-state index in [1.807, 2.05) is 18.2 Å². The average molecular weight is 187 g/mol. The summed E-state index contributed by atoms with van der Waals surface area (Å²) in [5.41, 5.74) is 9.13. The van der Waals surface area contributed by atoms with Gasteiger partial charge in [0, 0.05) is 18.7 Å². The molecular formula is C11H13N3. The molecule has 72 valence electrons. The van der Waals surface area contributed by atoms with Gasteiger partial charge in [0.25, 0.3) is 0 Å². The minimum absolute atomic E-state index is 0.549. The quantitative estimate of drug-likeness (QED) is 0.777. The van der Waals surface area contributed by atoms with Crippen molar-refractivity contribution in [3.05, 3.63) is 35.8 Å². The summed E-state index contributed by atoms with van der Waals surface area (Å²) in [5, 5.41) is 0. The molecule has 1 aliphatic rings. The lowest BCUT2D eigenvalue weighted by Gasteiger charge is -2.00. The molecular weight excluding hydrogens is 174 g/mol. The van der Waals surface area contributed by atoms with Gasteiger partial charge in [-0.15, -0.1) is 0 Å². The smallest absolute Gasteiger partial charge is 0.137 e. The zero-order chi connectivity index (χ0) is 9.54. The molecule has 0 radical (unpaired) electrons. The van der Waals surface area contributed by atoms with Gasteiger partial charge in [0.1, 0.15) is 5.65 Å². The molecule has 3 nitrogen and oxygen atoms in total. The van der Waals surface area contributed by atoms with Gasteiger partial charge in [0.15, 0.2) is 0 Å². The maximum Gasteiger partial charge on any atom is 0.137 e. The van der Waals surface area contributed by atoms with E-state index in [-0.39, 0.29) is 0 Å². The van der Waals surface area contributed by atoms with Crippen molar-refractivity contribution in [3.63, 3.8) is 0 Å². The maximum absolute atomic E-state index is 5.70. The summed E-state index contributed by atoms with van der Waals surface area (Å²) in [5.74, 6) is 0.700. The Bertz CT molecular complexity index is 468. The van der Waals surface area contributed by atoms with Crippen molar-refractivity contribution in [1.82, 2.24) is 9.38 Å². The van der Waals surface area contributed by atoms with Gasteiger partial charge in [-0.25, -0.2) is 4.98 Å². The summed E-state index contributed by atoms with van der Waals surface area (Å²) in [4.78, 5) is 4.53. The monoisotopic (exact) mass is 187 g/mol. The van der Waals surface area contributed by atoms with E-state index in [1.165, 1.54) is 18.5 Å². The Hall–Kier alpha value is -1.35. The number of nitrogens with two attached hydrogens (primary N) is 1. The SMILES string of the molecule is NCc1nc2ccccn2c1C1CC1. The van der Waals surface area contributed by atoms with Crippen LogP contribution in [0.5, 0.6) is 0 Å². The van der Waals surface area contributed by atoms with E-state index in [0.717, 1.165) is 11.3 Å². The second-order valence-corrected chi connectivity index (χ2v) is 3.85. The topological polar surface area (TPSA) is 43.3 Å². The number of rotatable bonds is 2. The van der Waals surface area contributed by atoms with Crippen LogP contribution in [0.2, 0.25) is 0 Å². The van der Waals surface area contributed by atoms with E-state index in [2.05, 4.69) is 15.6 Å². The number of fused-ring (bicyclic) bond motifs is 1. The van der Waals surface area contributed by atoms with Crippen molar-refractivity contribution in [2.75, 3.05) is 0 Å². The van der Waals surface area contributed by atoms with Crippen LogP contribution < -0.4 is 5.73 Å². The van der Waals surface area contributed by atoms with E-state index in [0.29, 0.717) is 12.5 Å². The molecule has 1 fully saturated rings. The molecule has 0 spiro atoms. The summed E-state index contributed by atoms with van der Waals surface area (Å²) in [6.07, 6.45) is 4.65. The van der Waals surface area contributed by atoms with Gasteiger partial charge in [0.2, 0.25) is 0 Å². The Morgan fingerprint density at radius 2 is 2.29 bits per heavy atom. The molecule has 0 amide bonds. The molecule has 0 bridgehead atoms. The standard InChI is InChI=1S/C11H13N3/c12-7-9-11(8-4-5-8)14-6-2-1-3-10(14)13-9/h1-3,6,8H,4-5,7,12H2. The summed E-state index contributed by atoms with van der Waals surface area (Å²) in [6, 6.07) is 6.09. The van der Waals surface area contributed by atoms with Crippen molar-refractivity contribution in [1.29, 1.82) is 0 Å². The number of pyridine rings is 1. The fraction of sp³-hybridized carbons (Fsp3) is 0.364. The fourth-order valence-electron chi connectivity index (χ4n) is 2.00. The first-order valence-electron chi connectivity index (χ1n) is 5.06. The third-order valence-corrected chi connectivity index (χ3v) is 2.80. The van der Waals surface area contributed by atoms with Gasteiger partial charge in [-0.2, -0.15) is 0 Å². The number of hydrogen-bond donors (Lipinski definition) is 1. The van der Waals surface area contributed by atoms with Crippen LogP contribution in [0.15, 0.2) is 24.4 Å². The van der Waals surface area contributed by atoms with Crippen LogP contribution >= 0.6 is 0 Å². The van der Waals surface area contributed by atoms with Crippen molar-refractivity contribution < 1.29 is 0 Å². The molecule has 1 saturated carbocycles. The highest BCUT2D eigenvalue weighted by Crippen LogP contribution is 2.41. The molecule has 2 N–H and O–H groups in total. The third kappa shape index (κ3) is 1.06. The molecule has 2 aromatic rings. The van der Waals surface area contributed by atoms with Gasteiger partial charge in [-0.05, 0) is 25.0 Å². The highest BCUT2D eigenvalue weighted by molar-refractivity contribution is 5.45. The molecule has 0 atom stereocenters. The van der Waals surface area contributed by atoms with Crippen LogP contribution in [0.4, 0.5) is 0 Å². The summed E-state index contributed by atoms with van der Waals surface area (Å²) in [7, 11) is 0. The van der Waals surface area contributed by atoms with Crippen LogP contribution in [-0.2, 0) is 6.54 Å². The summed E-state index contributed by atoms with van der Waals surface area (Å²) in [6.45, 7) is 0.549. The fourth-order valence-corrected chi connectivity index (χ4v) is 2.00. The Labute approximate surface area is 82.6 Å². The number of aromatic nitrogens is 2. The van der Waals surface area contributed by atoms with Crippen LogP contribution in [0, 0.1) is 0 Å². The lowest BCUT2D eigenvalue weighted by Crippen LogP contribution is -2.01. The molecule has 14 heavy (non-hydrogen) atoms. The second kappa shape index (κ2) is 2.82.